The highest BCUT2D eigenvalue weighted by molar-refractivity contribution is 5.76. The van der Waals surface area contributed by atoms with E-state index in [1.165, 1.54) is 6.42 Å². The van der Waals surface area contributed by atoms with Crippen molar-refractivity contribution in [3.05, 3.63) is 0 Å². The highest BCUT2D eigenvalue weighted by atomic mass is 16.2. The molecule has 1 atom stereocenters. The fourth-order valence-electron chi connectivity index (χ4n) is 1.87. The van der Waals surface area contributed by atoms with Crippen LogP contribution in [0.4, 0.5) is 0 Å². The maximum Gasteiger partial charge on any atom is 0.222 e. The number of likely N-dealkylation sites (tertiary alicyclic amines) is 1. The second-order valence-corrected chi connectivity index (χ2v) is 4.31. The molecule has 1 unspecified atom stereocenters. The van der Waals surface area contributed by atoms with Gasteiger partial charge in [0.1, 0.15) is 0 Å². The molecule has 1 fully saturated rings. The van der Waals surface area contributed by atoms with Crippen LogP contribution in [0.15, 0.2) is 0 Å². The standard InChI is InChI=1S/C11H22N2O/c1-10(12)6-2-4-8-13-9-5-3-7-11(13)14/h10H,2-9,12H2,1H3. The Hall–Kier alpha value is -0.570. The van der Waals surface area contributed by atoms with Crippen molar-refractivity contribution in [1.29, 1.82) is 0 Å². The zero-order chi connectivity index (χ0) is 10.4. The fraction of sp³-hybridized carbons (Fsp3) is 0.909. The van der Waals surface area contributed by atoms with Gasteiger partial charge in [-0.3, -0.25) is 4.79 Å². The summed E-state index contributed by atoms with van der Waals surface area (Å²) in [4.78, 5) is 13.4. The first-order chi connectivity index (χ1) is 6.70. The van der Waals surface area contributed by atoms with E-state index in [0.29, 0.717) is 11.9 Å². The number of carbonyl (C=O) groups is 1. The van der Waals surface area contributed by atoms with Crippen molar-refractivity contribution >= 4 is 5.91 Å². The van der Waals surface area contributed by atoms with Crippen LogP contribution in [-0.2, 0) is 4.79 Å². The number of amides is 1. The third-order valence-corrected chi connectivity index (χ3v) is 2.76. The van der Waals surface area contributed by atoms with Crippen molar-refractivity contribution in [1.82, 2.24) is 4.90 Å². The lowest BCUT2D eigenvalue weighted by Gasteiger charge is -2.26. The van der Waals surface area contributed by atoms with Crippen molar-refractivity contribution in [2.24, 2.45) is 5.73 Å². The summed E-state index contributed by atoms with van der Waals surface area (Å²) in [6, 6.07) is 0.298. The van der Waals surface area contributed by atoms with E-state index in [-0.39, 0.29) is 0 Å². The molecule has 1 aliphatic heterocycles. The molecule has 3 heteroatoms. The third kappa shape index (κ3) is 4.09. The van der Waals surface area contributed by atoms with Gasteiger partial charge in [0.2, 0.25) is 5.91 Å². The number of piperidine rings is 1. The van der Waals surface area contributed by atoms with Crippen molar-refractivity contribution in [2.75, 3.05) is 13.1 Å². The summed E-state index contributed by atoms with van der Waals surface area (Å²) in [5.74, 6) is 0.344. The molecule has 1 saturated heterocycles. The molecule has 0 saturated carbocycles. The zero-order valence-electron chi connectivity index (χ0n) is 9.17. The SMILES string of the molecule is CC(N)CCCCN1CCCCC1=O. The van der Waals surface area contributed by atoms with Crippen molar-refractivity contribution in [3.63, 3.8) is 0 Å². The minimum absolute atomic E-state index is 0.298. The molecular formula is C11H22N2O. The zero-order valence-corrected chi connectivity index (χ0v) is 9.17. The normalized spacial score (nSPS) is 19.9. The largest absolute Gasteiger partial charge is 0.343 e. The van der Waals surface area contributed by atoms with E-state index in [0.717, 1.165) is 45.2 Å². The van der Waals surface area contributed by atoms with Crippen molar-refractivity contribution < 1.29 is 4.79 Å². The maximum absolute atomic E-state index is 11.4. The minimum Gasteiger partial charge on any atom is -0.343 e. The maximum atomic E-state index is 11.4. The monoisotopic (exact) mass is 198 g/mol. The lowest BCUT2D eigenvalue weighted by Crippen LogP contribution is -2.36. The number of carbonyl (C=O) groups excluding carboxylic acids is 1. The Morgan fingerprint density at radius 2 is 2.21 bits per heavy atom. The minimum atomic E-state index is 0.298. The summed E-state index contributed by atoms with van der Waals surface area (Å²) >= 11 is 0. The summed E-state index contributed by atoms with van der Waals surface area (Å²) in [6.07, 6.45) is 6.33. The summed E-state index contributed by atoms with van der Waals surface area (Å²) in [5, 5.41) is 0. The Bertz CT molecular complexity index is 180. The lowest BCUT2D eigenvalue weighted by atomic mass is 10.1. The van der Waals surface area contributed by atoms with Gasteiger partial charge < -0.3 is 10.6 Å². The van der Waals surface area contributed by atoms with Crippen LogP contribution < -0.4 is 5.73 Å². The fourth-order valence-corrected chi connectivity index (χ4v) is 1.87. The van der Waals surface area contributed by atoms with E-state index < -0.39 is 0 Å². The van der Waals surface area contributed by atoms with E-state index in [9.17, 15) is 4.79 Å². The van der Waals surface area contributed by atoms with Crippen LogP contribution in [0.25, 0.3) is 0 Å². The van der Waals surface area contributed by atoms with Crippen molar-refractivity contribution in [2.45, 2.75) is 51.5 Å². The van der Waals surface area contributed by atoms with Gasteiger partial charge >= 0.3 is 0 Å². The first kappa shape index (κ1) is 11.5. The van der Waals surface area contributed by atoms with Crippen LogP contribution in [0.2, 0.25) is 0 Å². The molecule has 1 aliphatic rings. The van der Waals surface area contributed by atoms with Gasteiger partial charge in [0.05, 0.1) is 0 Å². The predicted octanol–water partition coefficient (Wildman–Crippen LogP) is 1.52. The molecule has 82 valence electrons. The summed E-state index contributed by atoms with van der Waals surface area (Å²) in [5.41, 5.74) is 5.66. The average Bonchev–Trinajstić information content (AvgIpc) is 2.15. The lowest BCUT2D eigenvalue weighted by molar-refractivity contribution is -0.133. The molecule has 1 rings (SSSR count). The quantitative estimate of drug-likeness (QED) is 0.681. The Morgan fingerprint density at radius 1 is 1.43 bits per heavy atom. The van der Waals surface area contributed by atoms with Gasteiger partial charge in [-0.05, 0) is 32.6 Å². The number of nitrogens with two attached hydrogens (primary N) is 1. The van der Waals surface area contributed by atoms with E-state index in [4.69, 9.17) is 5.73 Å². The number of rotatable bonds is 5. The second-order valence-electron chi connectivity index (χ2n) is 4.31. The number of unbranched alkanes of at least 4 members (excludes halogenated alkanes) is 1. The molecule has 0 aromatic carbocycles. The molecule has 1 amide bonds. The van der Waals surface area contributed by atoms with E-state index in [1.54, 1.807) is 0 Å². The van der Waals surface area contributed by atoms with Crippen LogP contribution in [0, 0.1) is 0 Å². The van der Waals surface area contributed by atoms with Gasteiger partial charge in [-0.1, -0.05) is 6.42 Å². The molecule has 2 N–H and O–H groups in total. The smallest absolute Gasteiger partial charge is 0.222 e. The van der Waals surface area contributed by atoms with Crippen LogP contribution in [0.1, 0.15) is 45.4 Å². The molecule has 0 radical (unpaired) electrons. The molecule has 0 spiro atoms. The molecule has 0 bridgehead atoms. The average molecular weight is 198 g/mol. The van der Waals surface area contributed by atoms with Crippen LogP contribution in [0.3, 0.4) is 0 Å². The molecular weight excluding hydrogens is 176 g/mol. The molecule has 3 nitrogen and oxygen atoms in total. The summed E-state index contributed by atoms with van der Waals surface area (Å²) in [6.45, 7) is 3.94. The van der Waals surface area contributed by atoms with E-state index in [2.05, 4.69) is 0 Å². The van der Waals surface area contributed by atoms with E-state index in [1.807, 2.05) is 11.8 Å². The molecule has 0 aromatic heterocycles. The topological polar surface area (TPSA) is 46.3 Å². The Balaban J connectivity index is 2.07. The van der Waals surface area contributed by atoms with E-state index >= 15 is 0 Å². The molecule has 0 aromatic rings. The van der Waals surface area contributed by atoms with Gasteiger partial charge in [-0.25, -0.2) is 0 Å². The van der Waals surface area contributed by atoms with Gasteiger partial charge in [0.25, 0.3) is 0 Å². The van der Waals surface area contributed by atoms with Crippen LogP contribution >= 0.6 is 0 Å². The van der Waals surface area contributed by atoms with Gasteiger partial charge in [-0.2, -0.15) is 0 Å². The summed E-state index contributed by atoms with van der Waals surface area (Å²) in [7, 11) is 0. The number of hydrogen-bond acceptors (Lipinski definition) is 2. The van der Waals surface area contributed by atoms with Gasteiger partial charge in [0.15, 0.2) is 0 Å². The first-order valence-electron chi connectivity index (χ1n) is 5.73. The number of nitrogens with zero attached hydrogens (tertiary/aromatic N) is 1. The van der Waals surface area contributed by atoms with Gasteiger partial charge in [-0.15, -0.1) is 0 Å². The second kappa shape index (κ2) is 6.02. The predicted molar refractivity (Wildman–Crippen MR) is 57.9 cm³/mol. The van der Waals surface area contributed by atoms with Crippen LogP contribution in [0.5, 0.6) is 0 Å². The molecule has 0 aliphatic carbocycles. The Morgan fingerprint density at radius 3 is 2.86 bits per heavy atom. The third-order valence-electron chi connectivity index (χ3n) is 2.76. The van der Waals surface area contributed by atoms with Gasteiger partial charge in [0, 0.05) is 25.6 Å². The summed E-state index contributed by atoms with van der Waals surface area (Å²) < 4.78 is 0. The van der Waals surface area contributed by atoms with Crippen molar-refractivity contribution in [3.8, 4) is 0 Å². The first-order valence-corrected chi connectivity index (χ1v) is 5.73. The molecule has 14 heavy (non-hydrogen) atoms. The van der Waals surface area contributed by atoms with Crippen LogP contribution in [-0.4, -0.2) is 29.9 Å². The Labute approximate surface area is 86.6 Å². The molecule has 1 heterocycles. The Kier molecular flexibility index (Phi) is 4.94. The highest BCUT2D eigenvalue weighted by Gasteiger charge is 2.16. The highest BCUT2D eigenvalue weighted by Crippen LogP contribution is 2.11. The number of hydrogen-bond donors (Lipinski definition) is 1.